The molecule has 0 spiro atoms. The van der Waals surface area contributed by atoms with Gasteiger partial charge in [-0.25, -0.2) is 0 Å². The van der Waals surface area contributed by atoms with Crippen LogP contribution in [-0.4, -0.2) is 34.9 Å². The van der Waals surface area contributed by atoms with Gasteiger partial charge in [0, 0.05) is 12.8 Å². The average Bonchev–Trinajstić information content (AvgIpc) is 2.61. The lowest BCUT2D eigenvalue weighted by atomic mass is 9.74. The lowest BCUT2D eigenvalue weighted by molar-refractivity contribution is -0.140. The summed E-state index contributed by atoms with van der Waals surface area (Å²) < 4.78 is 4.57. The van der Waals surface area contributed by atoms with Crippen molar-refractivity contribution in [2.45, 2.75) is 25.2 Å². The maximum absolute atomic E-state index is 12.9. The van der Waals surface area contributed by atoms with Gasteiger partial charge >= 0.3 is 5.97 Å². The zero-order valence-electron chi connectivity index (χ0n) is 14.2. The Morgan fingerprint density at radius 1 is 0.962 bits per heavy atom. The van der Waals surface area contributed by atoms with Gasteiger partial charge in [-0.2, -0.15) is 0 Å². The van der Waals surface area contributed by atoms with E-state index in [4.69, 9.17) is 0 Å². The maximum Gasteiger partial charge on any atom is 0.305 e. The number of ketones is 2. The van der Waals surface area contributed by atoms with Crippen molar-refractivity contribution in [1.82, 2.24) is 0 Å². The van der Waals surface area contributed by atoms with Crippen molar-refractivity contribution in [2.75, 3.05) is 7.11 Å². The second-order valence-electron chi connectivity index (χ2n) is 6.14. The molecule has 2 N–H and O–H groups in total. The van der Waals surface area contributed by atoms with E-state index in [0.717, 1.165) is 0 Å². The van der Waals surface area contributed by atoms with Crippen LogP contribution in [0.2, 0.25) is 0 Å². The molecule has 0 heterocycles. The summed E-state index contributed by atoms with van der Waals surface area (Å²) in [5, 5.41) is 20.3. The molecule has 1 aliphatic carbocycles. The molecule has 6 nitrogen and oxygen atoms in total. The van der Waals surface area contributed by atoms with Gasteiger partial charge in [-0.1, -0.05) is 24.3 Å². The Kier molecular flexibility index (Phi) is 4.75. The van der Waals surface area contributed by atoms with Crippen molar-refractivity contribution in [3.63, 3.8) is 0 Å². The number of esters is 1. The molecule has 3 rings (SSSR count). The molecule has 0 atom stereocenters. The largest absolute Gasteiger partial charge is 0.507 e. The molecule has 2 aromatic carbocycles. The molecule has 2 aromatic rings. The first-order chi connectivity index (χ1) is 12.5. The van der Waals surface area contributed by atoms with Crippen LogP contribution in [0, 0.1) is 0 Å². The van der Waals surface area contributed by atoms with Crippen LogP contribution in [0.5, 0.6) is 11.5 Å². The highest BCUT2D eigenvalue weighted by Gasteiger charge is 2.37. The van der Waals surface area contributed by atoms with Crippen LogP contribution < -0.4 is 0 Å². The number of rotatable bonds is 5. The van der Waals surface area contributed by atoms with Gasteiger partial charge in [0.25, 0.3) is 0 Å². The van der Waals surface area contributed by atoms with E-state index in [9.17, 15) is 24.6 Å². The third-order valence-corrected chi connectivity index (χ3v) is 4.58. The predicted octanol–water partition coefficient (Wildman–Crippen LogP) is 2.69. The molecule has 0 saturated carbocycles. The van der Waals surface area contributed by atoms with Crippen LogP contribution in [0.25, 0.3) is 0 Å². The van der Waals surface area contributed by atoms with E-state index in [-0.39, 0.29) is 41.3 Å². The van der Waals surface area contributed by atoms with E-state index in [1.54, 1.807) is 24.3 Å². The van der Waals surface area contributed by atoms with E-state index < -0.39 is 17.7 Å². The summed E-state index contributed by atoms with van der Waals surface area (Å²) in [7, 11) is 1.29. The molecule has 0 saturated heterocycles. The van der Waals surface area contributed by atoms with Gasteiger partial charge in [0.1, 0.15) is 17.3 Å². The number of carbonyl (C=O) groups is 3. The third-order valence-electron chi connectivity index (χ3n) is 4.58. The number of fused-ring (bicyclic) bond motifs is 2. The quantitative estimate of drug-likeness (QED) is 0.801. The summed E-state index contributed by atoms with van der Waals surface area (Å²) in [6.45, 7) is 0. The van der Waals surface area contributed by atoms with E-state index in [0.29, 0.717) is 17.5 Å². The molecule has 134 valence electrons. The molecular formula is C20H18O6. The van der Waals surface area contributed by atoms with E-state index in [1.165, 1.54) is 19.2 Å². The van der Waals surface area contributed by atoms with Crippen molar-refractivity contribution in [1.29, 1.82) is 0 Å². The number of ether oxygens (including phenoxy) is 1. The smallest absolute Gasteiger partial charge is 0.305 e. The minimum atomic E-state index is -0.783. The van der Waals surface area contributed by atoms with Crippen molar-refractivity contribution >= 4 is 17.5 Å². The Hall–Kier alpha value is -3.15. The first-order valence-corrected chi connectivity index (χ1v) is 8.23. The Morgan fingerprint density at radius 3 is 2.00 bits per heavy atom. The first kappa shape index (κ1) is 17.7. The SMILES string of the molecule is COC(=O)CCCC(=O)C1c2cccc(O)c2C(=O)c2c(O)cccc21. The van der Waals surface area contributed by atoms with Crippen LogP contribution in [0.4, 0.5) is 0 Å². The van der Waals surface area contributed by atoms with Gasteiger partial charge in [-0.15, -0.1) is 0 Å². The minimum absolute atomic E-state index is 0.0350. The fraction of sp³-hybridized carbons (Fsp3) is 0.250. The summed E-state index contributed by atoms with van der Waals surface area (Å²) >= 11 is 0. The highest BCUT2D eigenvalue weighted by atomic mass is 16.5. The van der Waals surface area contributed by atoms with Gasteiger partial charge in [-0.3, -0.25) is 14.4 Å². The topological polar surface area (TPSA) is 101 Å². The molecule has 1 aliphatic rings. The molecule has 6 heteroatoms. The number of benzene rings is 2. The zero-order chi connectivity index (χ0) is 18.8. The van der Waals surface area contributed by atoms with Crippen molar-refractivity contribution in [3.05, 3.63) is 58.7 Å². The fourth-order valence-corrected chi connectivity index (χ4v) is 3.38. The summed E-state index contributed by atoms with van der Waals surface area (Å²) in [6.07, 6.45) is 0.546. The number of carbonyl (C=O) groups excluding carboxylic acids is 3. The summed E-state index contributed by atoms with van der Waals surface area (Å²) in [5.41, 5.74) is 0.896. The van der Waals surface area contributed by atoms with Gasteiger partial charge in [0.2, 0.25) is 5.78 Å². The lowest BCUT2D eigenvalue weighted by Gasteiger charge is -2.27. The number of hydrogen-bond donors (Lipinski definition) is 2. The Morgan fingerprint density at radius 2 is 1.50 bits per heavy atom. The standard InChI is InChI=1S/C20H18O6/c1-26-16(24)10-4-9-13(21)17-11-5-2-7-14(22)18(11)20(25)19-12(17)6-3-8-15(19)23/h2-3,5-8,17,22-23H,4,9-10H2,1H3. The monoisotopic (exact) mass is 354 g/mol. The molecule has 0 unspecified atom stereocenters. The first-order valence-electron chi connectivity index (χ1n) is 8.23. The number of aromatic hydroxyl groups is 2. The molecule has 0 radical (unpaired) electrons. The number of phenolic OH excluding ortho intramolecular Hbond substituents is 2. The molecule has 0 amide bonds. The predicted molar refractivity (Wildman–Crippen MR) is 92.4 cm³/mol. The lowest BCUT2D eigenvalue weighted by Crippen LogP contribution is -2.25. The molecule has 0 fully saturated rings. The second-order valence-corrected chi connectivity index (χ2v) is 6.14. The van der Waals surface area contributed by atoms with E-state index in [2.05, 4.69) is 4.74 Å². The number of phenols is 2. The van der Waals surface area contributed by atoms with Crippen LogP contribution in [0.1, 0.15) is 52.2 Å². The number of methoxy groups -OCH3 is 1. The number of Topliss-reactive ketones (excluding diaryl/α,β-unsaturated/α-hetero) is 1. The summed E-state index contributed by atoms with van der Waals surface area (Å²) in [5.74, 6) is -2.34. The van der Waals surface area contributed by atoms with Crippen LogP contribution >= 0.6 is 0 Å². The van der Waals surface area contributed by atoms with Crippen molar-refractivity contribution < 1.29 is 29.3 Å². The average molecular weight is 354 g/mol. The summed E-state index contributed by atoms with van der Waals surface area (Å²) in [4.78, 5) is 36.9. The summed E-state index contributed by atoms with van der Waals surface area (Å²) in [6, 6.07) is 9.15. The molecule has 0 aromatic heterocycles. The molecule has 0 bridgehead atoms. The second kappa shape index (κ2) is 7.00. The van der Waals surface area contributed by atoms with Crippen LogP contribution in [0.15, 0.2) is 36.4 Å². The minimum Gasteiger partial charge on any atom is -0.507 e. The highest BCUT2D eigenvalue weighted by Crippen LogP contribution is 2.43. The maximum atomic E-state index is 12.9. The third kappa shape index (κ3) is 2.94. The van der Waals surface area contributed by atoms with E-state index in [1.807, 2.05) is 0 Å². The van der Waals surface area contributed by atoms with Crippen molar-refractivity contribution in [2.24, 2.45) is 0 Å². The number of hydrogen-bond acceptors (Lipinski definition) is 6. The Bertz CT molecular complexity index is 844. The van der Waals surface area contributed by atoms with Crippen LogP contribution in [-0.2, 0) is 14.3 Å². The highest BCUT2D eigenvalue weighted by molar-refractivity contribution is 6.18. The fourth-order valence-electron chi connectivity index (χ4n) is 3.38. The molecule has 0 aliphatic heterocycles. The van der Waals surface area contributed by atoms with Gasteiger partial charge in [0.15, 0.2) is 0 Å². The van der Waals surface area contributed by atoms with Gasteiger partial charge in [-0.05, 0) is 29.7 Å². The zero-order valence-corrected chi connectivity index (χ0v) is 14.2. The normalized spacial score (nSPS) is 13.0. The Balaban J connectivity index is 2.03. The van der Waals surface area contributed by atoms with Crippen LogP contribution in [0.3, 0.4) is 0 Å². The van der Waals surface area contributed by atoms with Gasteiger partial charge < -0.3 is 14.9 Å². The van der Waals surface area contributed by atoms with Crippen molar-refractivity contribution in [3.8, 4) is 11.5 Å². The Labute approximate surface area is 150 Å². The van der Waals surface area contributed by atoms with E-state index >= 15 is 0 Å². The molecule has 26 heavy (non-hydrogen) atoms. The van der Waals surface area contributed by atoms with Gasteiger partial charge in [0.05, 0.1) is 24.2 Å². The molecular weight excluding hydrogens is 336 g/mol.